The molecule has 0 bridgehead atoms. The van der Waals surface area contributed by atoms with Gasteiger partial charge in [0.2, 0.25) is 0 Å². The first-order valence-electron chi connectivity index (χ1n) is 8.81. The molecule has 0 aliphatic carbocycles. The predicted molar refractivity (Wildman–Crippen MR) is 91.2 cm³/mol. The van der Waals surface area contributed by atoms with Gasteiger partial charge in [-0.25, -0.2) is 0 Å². The first kappa shape index (κ1) is 19.0. The van der Waals surface area contributed by atoms with E-state index in [0.29, 0.717) is 44.1 Å². The van der Waals surface area contributed by atoms with Crippen LogP contribution in [-0.4, -0.2) is 45.6 Å². The average molecular weight is 347 g/mol. The summed E-state index contributed by atoms with van der Waals surface area (Å²) in [5.74, 6) is -0.0936. The molecule has 1 fully saturated rings. The minimum absolute atomic E-state index is 0.0258. The largest absolute Gasteiger partial charge is 0.481 e. The molecule has 0 spiro atoms. The van der Waals surface area contributed by atoms with Crippen LogP contribution in [0.25, 0.3) is 0 Å². The van der Waals surface area contributed by atoms with Crippen LogP contribution >= 0.6 is 0 Å². The van der Waals surface area contributed by atoms with Crippen LogP contribution in [-0.2, 0) is 16.1 Å². The second kappa shape index (κ2) is 8.67. The van der Waals surface area contributed by atoms with Gasteiger partial charge in [-0.15, -0.1) is 0 Å². The first-order chi connectivity index (χ1) is 11.9. The molecule has 0 saturated carbocycles. The lowest BCUT2D eigenvalue weighted by Gasteiger charge is -2.37. The van der Waals surface area contributed by atoms with Gasteiger partial charge in [0, 0.05) is 38.7 Å². The van der Waals surface area contributed by atoms with Crippen molar-refractivity contribution in [2.24, 2.45) is 11.8 Å². The van der Waals surface area contributed by atoms with Crippen molar-refractivity contribution in [2.75, 3.05) is 13.1 Å². The van der Waals surface area contributed by atoms with Gasteiger partial charge >= 0.3 is 5.97 Å². The number of rotatable bonds is 7. The SMILES string of the molecule is CC1CCN(C(=O)C([NH3+])CCn2cccc2C#N)CC1CCC(=O)O. The summed E-state index contributed by atoms with van der Waals surface area (Å²) in [7, 11) is 0. The Morgan fingerprint density at radius 2 is 2.28 bits per heavy atom. The lowest BCUT2D eigenvalue weighted by Crippen LogP contribution is -2.68. The third kappa shape index (κ3) is 5.07. The smallest absolute Gasteiger partial charge is 0.303 e. The molecule has 1 saturated heterocycles. The highest BCUT2D eigenvalue weighted by Gasteiger charge is 2.32. The normalized spacial score (nSPS) is 21.6. The Bertz CT molecular complexity index is 649. The number of hydrogen-bond donors (Lipinski definition) is 2. The number of aromatic nitrogens is 1. The van der Waals surface area contributed by atoms with E-state index >= 15 is 0 Å². The molecule has 3 atom stereocenters. The number of aryl methyl sites for hydroxylation is 1. The number of amides is 1. The molecule has 1 amide bonds. The van der Waals surface area contributed by atoms with Gasteiger partial charge in [0.05, 0.1) is 0 Å². The zero-order valence-corrected chi connectivity index (χ0v) is 14.7. The van der Waals surface area contributed by atoms with Crippen molar-refractivity contribution in [2.45, 2.75) is 45.2 Å². The molecule has 0 radical (unpaired) electrons. The number of carbonyl (C=O) groups excluding carboxylic acids is 1. The Hall–Kier alpha value is -2.33. The molecule has 2 heterocycles. The summed E-state index contributed by atoms with van der Waals surface area (Å²) in [6.07, 6.45) is 4.07. The van der Waals surface area contributed by atoms with E-state index in [4.69, 9.17) is 10.4 Å². The summed E-state index contributed by atoms with van der Waals surface area (Å²) in [5.41, 5.74) is 4.59. The zero-order chi connectivity index (χ0) is 18.4. The van der Waals surface area contributed by atoms with E-state index < -0.39 is 5.97 Å². The van der Waals surface area contributed by atoms with Gasteiger partial charge in [-0.1, -0.05) is 6.92 Å². The molecule has 136 valence electrons. The van der Waals surface area contributed by atoms with Crippen molar-refractivity contribution in [3.05, 3.63) is 24.0 Å². The van der Waals surface area contributed by atoms with E-state index in [1.807, 2.05) is 21.7 Å². The monoisotopic (exact) mass is 347 g/mol. The fourth-order valence-corrected chi connectivity index (χ4v) is 3.42. The lowest BCUT2D eigenvalue weighted by molar-refractivity contribution is -0.407. The minimum Gasteiger partial charge on any atom is -0.481 e. The van der Waals surface area contributed by atoms with Gasteiger partial charge in [0.25, 0.3) is 5.91 Å². The van der Waals surface area contributed by atoms with E-state index in [9.17, 15) is 9.59 Å². The topological polar surface area (TPSA) is 114 Å². The van der Waals surface area contributed by atoms with Gasteiger partial charge < -0.3 is 20.3 Å². The van der Waals surface area contributed by atoms with Crippen molar-refractivity contribution in [1.82, 2.24) is 9.47 Å². The van der Waals surface area contributed by atoms with Crippen LogP contribution < -0.4 is 5.73 Å². The average Bonchev–Trinajstić information content (AvgIpc) is 3.05. The van der Waals surface area contributed by atoms with Crippen molar-refractivity contribution < 1.29 is 20.4 Å². The van der Waals surface area contributed by atoms with Gasteiger partial charge in [-0.05, 0) is 36.8 Å². The van der Waals surface area contributed by atoms with E-state index in [0.717, 1.165) is 6.42 Å². The number of aliphatic carboxylic acids is 1. The number of carbonyl (C=O) groups is 2. The molecule has 4 N–H and O–H groups in total. The summed E-state index contributed by atoms with van der Waals surface area (Å²) in [6, 6.07) is 5.33. The summed E-state index contributed by atoms with van der Waals surface area (Å²) in [6.45, 7) is 4.04. The third-order valence-electron chi connectivity index (χ3n) is 5.17. The number of piperidine rings is 1. The minimum atomic E-state index is -0.786. The van der Waals surface area contributed by atoms with Crippen LogP contribution in [0.1, 0.15) is 38.3 Å². The summed E-state index contributed by atoms with van der Waals surface area (Å²) in [4.78, 5) is 25.3. The van der Waals surface area contributed by atoms with Crippen LogP contribution in [0.3, 0.4) is 0 Å². The molecule has 3 unspecified atom stereocenters. The van der Waals surface area contributed by atoms with E-state index in [1.165, 1.54) is 0 Å². The highest BCUT2D eigenvalue weighted by molar-refractivity contribution is 5.80. The molecule has 1 aliphatic rings. The molecule has 7 nitrogen and oxygen atoms in total. The second-order valence-corrected chi connectivity index (χ2v) is 6.93. The summed E-state index contributed by atoms with van der Waals surface area (Å²) in [5, 5.41) is 17.9. The number of likely N-dealkylation sites (tertiary alicyclic amines) is 1. The molecular formula is C18H27N4O3+. The quantitative estimate of drug-likeness (QED) is 0.756. The van der Waals surface area contributed by atoms with Gasteiger partial charge in [0.1, 0.15) is 11.8 Å². The standard InChI is InChI=1S/C18H26N4O3/c1-13-6-9-22(12-14(13)4-5-17(23)24)18(25)16(20)7-10-21-8-2-3-15(21)11-19/h2-3,8,13-14,16H,4-7,9-10,12,20H2,1H3,(H,23,24)/p+1. The fraction of sp³-hybridized carbons (Fsp3) is 0.611. The number of nitrogens with zero attached hydrogens (tertiary/aromatic N) is 3. The van der Waals surface area contributed by atoms with Crippen molar-refractivity contribution >= 4 is 11.9 Å². The molecule has 0 aromatic carbocycles. The van der Waals surface area contributed by atoms with Gasteiger partial charge in [-0.2, -0.15) is 5.26 Å². The molecule has 2 rings (SSSR count). The number of carboxylic acid groups (broad SMARTS) is 1. The highest BCUT2D eigenvalue weighted by atomic mass is 16.4. The van der Waals surface area contributed by atoms with E-state index in [2.05, 4.69) is 18.7 Å². The van der Waals surface area contributed by atoms with E-state index in [1.54, 1.807) is 6.07 Å². The van der Waals surface area contributed by atoms with Crippen LogP contribution in [0.4, 0.5) is 0 Å². The summed E-state index contributed by atoms with van der Waals surface area (Å²) >= 11 is 0. The number of hydrogen-bond acceptors (Lipinski definition) is 3. The maximum absolute atomic E-state index is 12.7. The first-order valence-corrected chi connectivity index (χ1v) is 8.81. The van der Waals surface area contributed by atoms with Gasteiger partial charge in [0.15, 0.2) is 6.04 Å². The predicted octanol–water partition coefficient (Wildman–Crippen LogP) is 0.710. The Labute approximate surface area is 148 Å². The molecule has 1 aliphatic heterocycles. The number of quaternary nitrogens is 1. The van der Waals surface area contributed by atoms with Crippen molar-refractivity contribution in [3.8, 4) is 6.07 Å². The van der Waals surface area contributed by atoms with Crippen LogP contribution in [0.15, 0.2) is 18.3 Å². The summed E-state index contributed by atoms with van der Waals surface area (Å²) < 4.78 is 1.83. The van der Waals surface area contributed by atoms with Crippen LogP contribution in [0.2, 0.25) is 0 Å². The second-order valence-electron chi connectivity index (χ2n) is 6.93. The Morgan fingerprint density at radius 1 is 1.52 bits per heavy atom. The molecular weight excluding hydrogens is 320 g/mol. The maximum atomic E-state index is 12.7. The van der Waals surface area contributed by atoms with Gasteiger partial charge in [-0.3, -0.25) is 9.59 Å². The fourth-order valence-electron chi connectivity index (χ4n) is 3.42. The van der Waals surface area contributed by atoms with Crippen LogP contribution in [0.5, 0.6) is 0 Å². The Morgan fingerprint density at radius 3 is 2.96 bits per heavy atom. The Balaban J connectivity index is 1.88. The molecule has 1 aromatic heterocycles. The number of carboxylic acids is 1. The van der Waals surface area contributed by atoms with Crippen LogP contribution in [0, 0.1) is 23.2 Å². The maximum Gasteiger partial charge on any atom is 0.303 e. The third-order valence-corrected chi connectivity index (χ3v) is 5.17. The zero-order valence-electron chi connectivity index (χ0n) is 14.7. The van der Waals surface area contributed by atoms with E-state index in [-0.39, 0.29) is 24.3 Å². The highest BCUT2D eigenvalue weighted by Crippen LogP contribution is 2.27. The lowest BCUT2D eigenvalue weighted by atomic mass is 9.83. The molecule has 7 heteroatoms. The molecule has 1 aromatic rings. The van der Waals surface area contributed by atoms with Crippen molar-refractivity contribution in [1.29, 1.82) is 5.26 Å². The Kier molecular flexibility index (Phi) is 6.59. The molecule has 25 heavy (non-hydrogen) atoms. The number of nitriles is 1. The van der Waals surface area contributed by atoms with Crippen molar-refractivity contribution in [3.63, 3.8) is 0 Å².